The van der Waals surface area contributed by atoms with Crippen LogP contribution in [0, 0.1) is 0 Å². The van der Waals surface area contributed by atoms with Gasteiger partial charge in [0.15, 0.2) is 5.75 Å². The molecule has 0 aliphatic heterocycles. The first-order valence-corrected chi connectivity index (χ1v) is 19.7. The molecule has 0 aliphatic carbocycles. The summed E-state index contributed by atoms with van der Waals surface area (Å²) in [6.45, 7) is 4.33. The maximum atomic E-state index is 12.2. The Bertz CT molecular complexity index is 2150. The molecule has 1 aromatic heterocycles. The van der Waals surface area contributed by atoms with E-state index in [-0.39, 0.29) is 38.9 Å². The first kappa shape index (κ1) is 40.3. The zero-order valence-electron chi connectivity index (χ0n) is 29.8. The van der Waals surface area contributed by atoms with Crippen molar-refractivity contribution in [1.29, 1.82) is 0 Å². The lowest BCUT2D eigenvalue weighted by molar-refractivity contribution is -0.777. The van der Waals surface area contributed by atoms with E-state index in [4.69, 9.17) is 0 Å². The monoisotopic (exact) mass is 775 g/mol. The van der Waals surface area contributed by atoms with E-state index in [0.29, 0.717) is 23.4 Å². The van der Waals surface area contributed by atoms with Crippen LogP contribution in [0.25, 0.3) is 10.8 Å². The number of rotatable bonds is 20. The normalized spacial score (nSPS) is 11.8. The Labute approximate surface area is 317 Å². The first-order chi connectivity index (χ1) is 26.1. The van der Waals surface area contributed by atoms with E-state index < -0.39 is 26.8 Å². The van der Waals surface area contributed by atoms with Crippen molar-refractivity contribution in [1.82, 2.24) is 15.0 Å². The highest BCUT2D eigenvalue weighted by Crippen LogP contribution is 2.47. The average Bonchev–Trinajstić information content (AvgIpc) is 3.14. The first-order valence-electron chi connectivity index (χ1n) is 17.6. The molecule has 54 heavy (non-hydrogen) atoms. The smallest absolute Gasteiger partial charge is 0.320 e. The number of fused-ring (bicyclic) bond motifs is 1. The summed E-state index contributed by atoms with van der Waals surface area (Å²) in [6, 6.07) is 17.8. The van der Waals surface area contributed by atoms with Crippen LogP contribution in [0.2, 0.25) is 0 Å². The number of anilines is 4. The number of phenolic OH excluding ortho intramolecular Hbond substituents is 1. The highest BCUT2D eigenvalue weighted by molar-refractivity contribution is 7.94. The fraction of sp³-hybridized carbons (Fsp3) is 0.324. The summed E-state index contributed by atoms with van der Waals surface area (Å²) in [5.74, 6) is -0.820. The lowest BCUT2D eigenvalue weighted by Gasteiger charge is -2.17. The number of hydrogen-bond acceptors (Lipinski definition) is 16. The summed E-state index contributed by atoms with van der Waals surface area (Å²) in [6.07, 6.45) is 11.0. The van der Waals surface area contributed by atoms with E-state index in [1.165, 1.54) is 24.5 Å². The third-order valence-electron chi connectivity index (χ3n) is 8.48. The predicted octanol–water partition coefficient (Wildman–Crippen LogP) is 8.72. The number of azo groups is 1. The van der Waals surface area contributed by atoms with Gasteiger partial charge in [0.1, 0.15) is 15.8 Å². The van der Waals surface area contributed by atoms with Gasteiger partial charge >= 0.3 is 6.01 Å². The number of nitrogens with one attached hydrogen (secondary N) is 2. The van der Waals surface area contributed by atoms with Crippen molar-refractivity contribution < 1.29 is 37.8 Å². The second-order valence-corrected chi connectivity index (χ2v) is 14.7. The Morgan fingerprint density at radius 3 is 1.98 bits per heavy atom. The molecule has 0 atom stereocenters. The van der Waals surface area contributed by atoms with Crippen LogP contribution in [-0.2, 0) is 32.3 Å². The summed E-state index contributed by atoms with van der Waals surface area (Å²) in [5.41, 5.74) is 3.13. The molecule has 0 unspecified atom stereocenters. The summed E-state index contributed by atoms with van der Waals surface area (Å²) >= 11 is 0.390. The number of aromatic nitrogens is 3. The molecule has 5 rings (SSSR count). The lowest BCUT2D eigenvalue weighted by atomic mass is 10.1. The van der Waals surface area contributed by atoms with Gasteiger partial charge in [0.25, 0.3) is 0 Å². The Hall–Kier alpha value is -4.91. The fourth-order valence-corrected chi connectivity index (χ4v) is 6.77. The Kier molecular flexibility index (Phi) is 14.5. The third-order valence-corrected chi connectivity index (χ3v) is 9.91. The maximum Gasteiger partial charge on any atom is 0.320 e. The van der Waals surface area contributed by atoms with E-state index in [1.54, 1.807) is 12.1 Å². The predicted molar refractivity (Wildman–Crippen MR) is 202 cm³/mol. The van der Waals surface area contributed by atoms with Gasteiger partial charge < -0.3 is 30.7 Å². The molecule has 0 spiro atoms. The highest BCUT2D eigenvalue weighted by atomic mass is 32.2. The van der Waals surface area contributed by atoms with E-state index in [0.717, 1.165) is 69.1 Å². The van der Waals surface area contributed by atoms with Gasteiger partial charge in [-0.25, -0.2) is 8.42 Å². The molecule has 0 fully saturated rings. The standard InChI is InChI=1S/C37H43N7O8S2/c1-3-5-7-9-11-24-13-17-27(18-14-24)38-35-40-36(42-37(46)41-35)39-30-23-29(54(48,49)50)21-26-22-31(53-52-51-47)33(34(45)32(26)30)44-43-28-19-15-25(16-20-28)12-10-8-6-4-2/h13-23,45,47H,3-12H2,1-2H3,(H,48,49,50)(H3,38,39,40,41,42,46)/p-2. The molecule has 5 aromatic rings. The van der Waals surface area contributed by atoms with Crippen LogP contribution in [0.15, 0.2) is 86.7 Å². The summed E-state index contributed by atoms with van der Waals surface area (Å²) < 4.78 is 41.2. The molecular formula is C37H41N7O8S2-2. The molecular weight excluding hydrogens is 735 g/mol. The van der Waals surface area contributed by atoms with Gasteiger partial charge in [0.2, 0.25) is 11.9 Å². The van der Waals surface area contributed by atoms with Crippen LogP contribution in [0.3, 0.4) is 0 Å². The van der Waals surface area contributed by atoms with Crippen LogP contribution in [0.4, 0.5) is 34.6 Å². The van der Waals surface area contributed by atoms with Crippen molar-refractivity contribution in [3.8, 4) is 11.8 Å². The van der Waals surface area contributed by atoms with Crippen LogP contribution < -0.4 is 15.9 Å². The number of aromatic hydroxyl groups is 2. The van der Waals surface area contributed by atoms with Crippen LogP contribution >= 0.6 is 12.0 Å². The van der Waals surface area contributed by atoms with Gasteiger partial charge in [-0.2, -0.15) is 24.4 Å². The number of benzene rings is 4. The maximum absolute atomic E-state index is 12.2. The number of unbranched alkanes of at least 4 members (excludes halogenated alkanes) is 6. The largest absolute Gasteiger partial charge is 0.744 e. The molecule has 15 nitrogen and oxygen atoms in total. The van der Waals surface area contributed by atoms with Crippen molar-refractivity contribution in [3.63, 3.8) is 0 Å². The van der Waals surface area contributed by atoms with E-state index in [2.05, 4.69) is 59.0 Å². The van der Waals surface area contributed by atoms with Gasteiger partial charge in [-0.1, -0.05) is 76.6 Å². The van der Waals surface area contributed by atoms with Gasteiger partial charge in [0.05, 0.1) is 33.2 Å². The Balaban J connectivity index is 1.48. The molecule has 17 heteroatoms. The fourth-order valence-electron chi connectivity index (χ4n) is 5.74. The number of aryl methyl sites for hydroxylation is 2. The lowest BCUT2D eigenvalue weighted by Crippen LogP contribution is -2.05. The Morgan fingerprint density at radius 1 is 0.778 bits per heavy atom. The molecule has 0 amide bonds. The van der Waals surface area contributed by atoms with Crippen molar-refractivity contribution >= 4 is 67.6 Å². The SMILES string of the molecule is CCCCCCc1ccc(N=Nc2c(SOO[O-])cc3cc(S(=O)(=O)[O-])cc(Nc4nc(O)nc(Nc5ccc(CCCCCC)cc5)n4)c3c2O)cc1. The molecule has 0 aliphatic rings. The molecule has 4 aromatic carbocycles. The zero-order valence-corrected chi connectivity index (χ0v) is 31.5. The van der Waals surface area contributed by atoms with Gasteiger partial charge in [-0.05, 0) is 84.7 Å². The second-order valence-electron chi connectivity index (χ2n) is 12.5. The van der Waals surface area contributed by atoms with E-state index in [1.807, 2.05) is 36.4 Å². The van der Waals surface area contributed by atoms with E-state index >= 15 is 0 Å². The minimum Gasteiger partial charge on any atom is -0.744 e. The molecule has 4 N–H and O–H groups in total. The molecule has 1 heterocycles. The zero-order chi connectivity index (χ0) is 38.5. The number of phenols is 1. The molecule has 286 valence electrons. The van der Waals surface area contributed by atoms with Crippen molar-refractivity contribution in [2.45, 2.75) is 87.8 Å². The second kappa shape index (κ2) is 19.4. The van der Waals surface area contributed by atoms with Gasteiger partial charge in [0, 0.05) is 11.1 Å². The topological polar surface area (TPSA) is 227 Å². The minimum absolute atomic E-state index is 0.00908. The summed E-state index contributed by atoms with van der Waals surface area (Å²) in [5, 5.41) is 50.6. The molecule has 0 radical (unpaired) electrons. The summed E-state index contributed by atoms with van der Waals surface area (Å²) in [4.78, 5) is 11.5. The van der Waals surface area contributed by atoms with Gasteiger partial charge in [-0.3, -0.25) is 5.04 Å². The average molecular weight is 776 g/mol. The van der Waals surface area contributed by atoms with Crippen molar-refractivity contribution in [3.05, 3.63) is 77.9 Å². The Morgan fingerprint density at radius 2 is 1.39 bits per heavy atom. The minimum atomic E-state index is -5.03. The van der Waals surface area contributed by atoms with Crippen LogP contribution in [-0.4, -0.2) is 38.1 Å². The van der Waals surface area contributed by atoms with Crippen LogP contribution in [0.5, 0.6) is 11.8 Å². The molecule has 0 saturated heterocycles. The summed E-state index contributed by atoms with van der Waals surface area (Å²) in [7, 11) is -5.03. The number of nitrogens with zero attached hydrogens (tertiary/aromatic N) is 5. The quantitative estimate of drug-likeness (QED) is 0.0145. The van der Waals surface area contributed by atoms with Crippen molar-refractivity contribution in [2.75, 3.05) is 10.6 Å². The van der Waals surface area contributed by atoms with Crippen LogP contribution in [0.1, 0.15) is 76.3 Å². The highest BCUT2D eigenvalue weighted by Gasteiger charge is 2.21. The molecule has 0 bridgehead atoms. The van der Waals surface area contributed by atoms with E-state index in [9.17, 15) is 28.4 Å². The van der Waals surface area contributed by atoms with Crippen molar-refractivity contribution in [2.24, 2.45) is 10.2 Å². The number of hydrogen-bond donors (Lipinski definition) is 4. The molecule has 0 saturated carbocycles. The van der Waals surface area contributed by atoms with Gasteiger partial charge in [-0.15, -0.1) is 5.11 Å². The third kappa shape index (κ3) is 11.3.